The van der Waals surface area contributed by atoms with Crippen molar-refractivity contribution in [2.75, 3.05) is 18.6 Å². The average Bonchev–Trinajstić information content (AvgIpc) is 3.32. The fraction of sp³-hybridized carbons (Fsp3) is 0.300. The van der Waals surface area contributed by atoms with E-state index in [0.717, 1.165) is 22.4 Å². The minimum absolute atomic E-state index is 0.0139. The normalized spacial score (nSPS) is 18.2. The molecule has 0 saturated carbocycles. The second kappa shape index (κ2) is 8.19. The van der Waals surface area contributed by atoms with Gasteiger partial charge in [-0.25, -0.2) is 0 Å². The monoisotopic (exact) mass is 434 g/mol. The van der Waals surface area contributed by atoms with Gasteiger partial charge in [0, 0.05) is 23.1 Å². The van der Waals surface area contributed by atoms with E-state index < -0.39 is 0 Å². The molecule has 1 aliphatic rings. The maximum atomic E-state index is 12.8. The first-order valence-corrected chi connectivity index (χ1v) is 11.2. The highest BCUT2D eigenvalue weighted by Crippen LogP contribution is 2.36. The van der Waals surface area contributed by atoms with Crippen LogP contribution in [0.25, 0.3) is 10.2 Å². The zero-order chi connectivity index (χ0) is 19.7. The molecule has 3 aromatic rings. The standard InChI is InChI=1S/C20H19ClN2O3S2/c1-26-18(24)10-27-9-14-13-5-3-2-4-11(13)6-15(14)22-19(25)16-7-12-8-17(21)28-20(12)23-16/h2-5,7-8,14-15,23H,6,9-10H2,1H3,(H,22,25)/t14-,15-/m1/s1. The molecule has 0 fully saturated rings. The van der Waals surface area contributed by atoms with E-state index in [9.17, 15) is 9.59 Å². The highest BCUT2D eigenvalue weighted by molar-refractivity contribution is 7.99. The Morgan fingerprint density at radius 3 is 2.96 bits per heavy atom. The molecule has 2 atom stereocenters. The molecule has 4 rings (SSSR count). The number of nitrogens with one attached hydrogen (secondary N) is 2. The Morgan fingerprint density at radius 2 is 2.18 bits per heavy atom. The first-order chi connectivity index (χ1) is 13.5. The summed E-state index contributed by atoms with van der Waals surface area (Å²) in [7, 11) is 1.39. The molecule has 5 nitrogen and oxygen atoms in total. The number of thiophene rings is 1. The van der Waals surface area contributed by atoms with Crippen LogP contribution in [0.1, 0.15) is 27.5 Å². The van der Waals surface area contributed by atoms with Gasteiger partial charge in [0.2, 0.25) is 0 Å². The quantitative estimate of drug-likeness (QED) is 0.569. The summed E-state index contributed by atoms with van der Waals surface area (Å²) in [6.45, 7) is 0. The Hall–Kier alpha value is -1.96. The predicted molar refractivity (Wildman–Crippen MR) is 115 cm³/mol. The number of aromatic amines is 1. The molecule has 0 unspecified atom stereocenters. The molecule has 1 aliphatic carbocycles. The van der Waals surface area contributed by atoms with Gasteiger partial charge in [-0.05, 0) is 29.7 Å². The number of ether oxygens (including phenoxy) is 1. The summed E-state index contributed by atoms with van der Waals surface area (Å²) < 4.78 is 5.42. The molecule has 2 heterocycles. The molecule has 2 N–H and O–H groups in total. The summed E-state index contributed by atoms with van der Waals surface area (Å²) in [6.07, 6.45) is 0.784. The van der Waals surface area contributed by atoms with Crippen LogP contribution in [0, 0.1) is 0 Å². The number of thioether (sulfide) groups is 1. The minimum atomic E-state index is -0.234. The van der Waals surface area contributed by atoms with Gasteiger partial charge in [-0.3, -0.25) is 9.59 Å². The zero-order valence-corrected chi connectivity index (χ0v) is 17.5. The van der Waals surface area contributed by atoms with Crippen molar-refractivity contribution in [2.24, 2.45) is 0 Å². The smallest absolute Gasteiger partial charge is 0.315 e. The number of esters is 1. The van der Waals surface area contributed by atoms with Crippen LogP contribution in [0.15, 0.2) is 36.4 Å². The van der Waals surface area contributed by atoms with Crippen molar-refractivity contribution in [3.8, 4) is 0 Å². The molecule has 0 aliphatic heterocycles. The molecule has 0 radical (unpaired) electrons. The van der Waals surface area contributed by atoms with Crippen LogP contribution in [0.3, 0.4) is 0 Å². The Labute approximate surface area is 175 Å². The lowest BCUT2D eigenvalue weighted by atomic mass is 10.0. The third-order valence-electron chi connectivity index (χ3n) is 4.96. The minimum Gasteiger partial charge on any atom is -0.468 e. The van der Waals surface area contributed by atoms with Crippen molar-refractivity contribution in [1.82, 2.24) is 10.3 Å². The van der Waals surface area contributed by atoms with Crippen molar-refractivity contribution in [2.45, 2.75) is 18.4 Å². The fourth-order valence-corrected chi connectivity index (χ4v) is 5.82. The van der Waals surface area contributed by atoms with E-state index >= 15 is 0 Å². The van der Waals surface area contributed by atoms with Gasteiger partial charge >= 0.3 is 5.97 Å². The third-order valence-corrected chi connectivity index (χ3v) is 7.19. The van der Waals surface area contributed by atoms with E-state index in [4.69, 9.17) is 16.3 Å². The lowest BCUT2D eigenvalue weighted by Crippen LogP contribution is -2.38. The Balaban J connectivity index is 1.48. The van der Waals surface area contributed by atoms with Crippen LogP contribution in [-0.4, -0.2) is 41.5 Å². The Bertz CT molecular complexity index is 998. The molecule has 8 heteroatoms. The lowest BCUT2D eigenvalue weighted by Gasteiger charge is -2.21. The van der Waals surface area contributed by atoms with E-state index in [1.54, 1.807) is 0 Å². The van der Waals surface area contributed by atoms with Crippen molar-refractivity contribution in [3.05, 3.63) is 57.6 Å². The summed E-state index contributed by atoms with van der Waals surface area (Å²) >= 11 is 8.96. The second-order valence-electron chi connectivity index (χ2n) is 6.70. The number of carbonyl (C=O) groups excluding carboxylic acids is 2. The van der Waals surface area contributed by atoms with Crippen LogP contribution in [0.4, 0.5) is 0 Å². The first-order valence-electron chi connectivity index (χ1n) is 8.86. The number of aromatic nitrogens is 1. The van der Waals surface area contributed by atoms with Crippen molar-refractivity contribution < 1.29 is 14.3 Å². The summed E-state index contributed by atoms with van der Waals surface area (Å²) in [4.78, 5) is 28.3. The third kappa shape index (κ3) is 3.92. The fourth-order valence-electron chi connectivity index (χ4n) is 3.62. The molecule has 1 aromatic carbocycles. The highest BCUT2D eigenvalue weighted by Gasteiger charge is 2.33. The number of benzene rings is 1. The number of halogens is 1. The van der Waals surface area contributed by atoms with Crippen LogP contribution in [-0.2, 0) is 16.0 Å². The summed E-state index contributed by atoms with van der Waals surface area (Å²) in [5, 5.41) is 4.13. The van der Waals surface area contributed by atoms with E-state index in [-0.39, 0.29) is 23.8 Å². The molecular formula is C20H19ClN2O3S2. The maximum absolute atomic E-state index is 12.8. The van der Waals surface area contributed by atoms with Crippen molar-refractivity contribution in [1.29, 1.82) is 0 Å². The number of methoxy groups -OCH3 is 1. The van der Waals surface area contributed by atoms with Crippen molar-refractivity contribution in [3.63, 3.8) is 0 Å². The molecular weight excluding hydrogens is 416 g/mol. The molecule has 2 aromatic heterocycles. The SMILES string of the molecule is COC(=O)CSC[C@@H]1c2ccccc2C[C@H]1NC(=O)c1cc2cc(Cl)sc2[nH]1. The van der Waals surface area contributed by atoms with E-state index in [1.165, 1.54) is 41.3 Å². The highest BCUT2D eigenvalue weighted by atomic mass is 35.5. The number of amides is 1. The van der Waals surface area contributed by atoms with Crippen LogP contribution in [0.2, 0.25) is 4.34 Å². The maximum Gasteiger partial charge on any atom is 0.315 e. The molecule has 28 heavy (non-hydrogen) atoms. The van der Waals surface area contributed by atoms with E-state index in [2.05, 4.69) is 22.4 Å². The topological polar surface area (TPSA) is 71.2 Å². The Kier molecular flexibility index (Phi) is 5.66. The number of carbonyl (C=O) groups is 2. The van der Waals surface area contributed by atoms with Gasteiger partial charge in [-0.1, -0.05) is 35.9 Å². The second-order valence-corrected chi connectivity index (χ2v) is 9.41. The summed E-state index contributed by atoms with van der Waals surface area (Å²) in [6, 6.07) is 11.9. The van der Waals surface area contributed by atoms with Gasteiger partial charge in [-0.15, -0.1) is 23.1 Å². The largest absolute Gasteiger partial charge is 0.468 e. The van der Waals surface area contributed by atoms with E-state index in [1.807, 2.05) is 24.3 Å². The summed E-state index contributed by atoms with van der Waals surface area (Å²) in [5.74, 6) is 0.846. The number of fused-ring (bicyclic) bond motifs is 2. The van der Waals surface area contributed by atoms with Crippen molar-refractivity contribution >= 4 is 56.8 Å². The van der Waals surface area contributed by atoms with Gasteiger partial charge in [-0.2, -0.15) is 0 Å². The van der Waals surface area contributed by atoms with Gasteiger partial charge in [0.1, 0.15) is 10.5 Å². The number of rotatable bonds is 6. The Morgan fingerprint density at radius 1 is 1.36 bits per heavy atom. The molecule has 0 bridgehead atoms. The van der Waals surface area contributed by atoms with Gasteiger partial charge in [0.15, 0.2) is 0 Å². The van der Waals surface area contributed by atoms with Gasteiger partial charge in [0.25, 0.3) is 5.91 Å². The number of hydrogen-bond donors (Lipinski definition) is 2. The first kappa shape index (κ1) is 19.4. The molecule has 1 amide bonds. The lowest BCUT2D eigenvalue weighted by molar-refractivity contribution is -0.137. The van der Waals surface area contributed by atoms with Crippen LogP contribution < -0.4 is 5.32 Å². The summed E-state index contributed by atoms with van der Waals surface area (Å²) in [5.41, 5.74) is 3.02. The average molecular weight is 435 g/mol. The zero-order valence-electron chi connectivity index (χ0n) is 15.2. The molecule has 0 saturated heterocycles. The van der Waals surface area contributed by atoms with Crippen LogP contribution >= 0.6 is 34.7 Å². The molecule has 146 valence electrons. The number of H-pyrrole nitrogens is 1. The van der Waals surface area contributed by atoms with Gasteiger partial charge in [0.05, 0.1) is 17.2 Å². The molecule has 0 spiro atoms. The van der Waals surface area contributed by atoms with Crippen LogP contribution in [0.5, 0.6) is 0 Å². The number of hydrogen-bond acceptors (Lipinski definition) is 5. The predicted octanol–water partition coefficient (Wildman–Crippen LogP) is 4.23. The van der Waals surface area contributed by atoms with E-state index in [0.29, 0.717) is 15.8 Å². The van der Waals surface area contributed by atoms with Gasteiger partial charge < -0.3 is 15.0 Å².